The maximum Gasteiger partial charge on any atom is 0.247 e. The van der Waals surface area contributed by atoms with Crippen molar-refractivity contribution < 1.29 is 21.4 Å². The van der Waals surface area contributed by atoms with Crippen molar-refractivity contribution in [2.24, 2.45) is 0 Å². The molecule has 0 saturated heterocycles. The summed E-state index contributed by atoms with van der Waals surface area (Å²) in [7, 11) is 1.59. The Morgan fingerprint density at radius 1 is 1.16 bits per heavy atom. The fraction of sp³-hybridized carbons (Fsp3) is 0.136. The highest BCUT2D eigenvalue weighted by Gasteiger charge is 2.09. The van der Waals surface area contributed by atoms with Gasteiger partial charge in [0.1, 0.15) is 12.4 Å². The van der Waals surface area contributed by atoms with Crippen LogP contribution in [0.4, 0.5) is 33.2 Å². The van der Waals surface area contributed by atoms with Crippen molar-refractivity contribution in [2.75, 3.05) is 36.3 Å². The number of aromatic nitrogens is 2. The summed E-state index contributed by atoms with van der Waals surface area (Å²) in [4.78, 5) is 19.4. The minimum absolute atomic E-state index is 0.0143. The molecule has 160 valence electrons. The number of ether oxygens (including phenoxy) is 2. The zero-order valence-electron chi connectivity index (χ0n) is 18.7. The molecule has 0 saturated carbocycles. The maximum absolute atomic E-state index is 14.5. The molecule has 0 aliphatic heterocycles. The molecule has 0 aliphatic carbocycles. The first kappa shape index (κ1) is 19.0. The van der Waals surface area contributed by atoms with E-state index < -0.39 is 17.9 Å². The van der Waals surface area contributed by atoms with Crippen LogP contribution in [0.2, 0.25) is 0 Å². The molecule has 0 spiro atoms. The Morgan fingerprint density at radius 2 is 1.94 bits per heavy atom. The van der Waals surface area contributed by atoms with E-state index in [1.54, 1.807) is 37.4 Å². The zero-order valence-corrected chi connectivity index (χ0v) is 16.7. The average molecular weight is 425 g/mol. The van der Waals surface area contributed by atoms with Crippen molar-refractivity contribution in [1.29, 1.82) is 0 Å². The van der Waals surface area contributed by atoms with E-state index in [-0.39, 0.29) is 29.2 Å². The Hall–Kier alpha value is -3.98. The van der Waals surface area contributed by atoms with Gasteiger partial charge in [0.25, 0.3) is 0 Å². The molecule has 1 amide bonds. The van der Waals surface area contributed by atoms with E-state index in [9.17, 15) is 9.18 Å². The molecule has 2 aromatic carbocycles. The smallest absolute Gasteiger partial charge is 0.247 e. The predicted octanol–water partition coefficient (Wildman–Crippen LogP) is 4.25. The molecule has 0 unspecified atom stereocenters. The molecule has 3 N–H and O–H groups in total. The van der Waals surface area contributed by atoms with Crippen molar-refractivity contribution in [3.8, 4) is 5.75 Å². The van der Waals surface area contributed by atoms with Crippen LogP contribution in [0.15, 0.2) is 67.3 Å². The predicted molar refractivity (Wildman–Crippen MR) is 118 cm³/mol. The van der Waals surface area contributed by atoms with E-state index in [1.807, 2.05) is 0 Å². The van der Waals surface area contributed by atoms with Gasteiger partial charge in [-0.15, -0.1) is 0 Å². The lowest BCUT2D eigenvalue weighted by Crippen LogP contribution is -2.07. The van der Waals surface area contributed by atoms with Crippen LogP contribution in [0.3, 0.4) is 0 Å². The van der Waals surface area contributed by atoms with Crippen LogP contribution in [0, 0.1) is 5.82 Å². The Balaban J connectivity index is 1.79. The molecule has 3 rings (SSSR count). The van der Waals surface area contributed by atoms with Crippen LogP contribution >= 0.6 is 0 Å². The Bertz CT molecular complexity index is 1150. The summed E-state index contributed by atoms with van der Waals surface area (Å²) in [6.07, 6.45) is 0.448. The van der Waals surface area contributed by atoms with Gasteiger partial charge < -0.3 is 25.4 Å². The molecule has 9 heteroatoms. The third-order valence-corrected chi connectivity index (χ3v) is 3.84. The lowest BCUT2D eigenvalue weighted by Gasteiger charge is -2.11. The third kappa shape index (κ3) is 6.51. The number of rotatable bonds is 10. The van der Waals surface area contributed by atoms with Crippen molar-refractivity contribution in [2.45, 2.75) is 0 Å². The zero-order chi connectivity index (χ0) is 23.8. The van der Waals surface area contributed by atoms with E-state index in [0.717, 1.165) is 6.08 Å². The Labute approximate surface area is 181 Å². The van der Waals surface area contributed by atoms with Gasteiger partial charge >= 0.3 is 0 Å². The molecule has 0 radical (unpaired) electrons. The number of benzene rings is 2. The second-order valence-electron chi connectivity index (χ2n) is 6.11. The van der Waals surface area contributed by atoms with Gasteiger partial charge in [0.15, 0.2) is 11.6 Å². The van der Waals surface area contributed by atoms with E-state index in [2.05, 4.69) is 32.5 Å². The summed E-state index contributed by atoms with van der Waals surface area (Å²) in [6.45, 7) is 4.25. The minimum atomic E-state index is -0.984. The molecule has 0 bridgehead atoms. The molecule has 0 atom stereocenters. The van der Waals surface area contributed by atoms with Crippen molar-refractivity contribution in [3.05, 3.63) is 73.2 Å². The van der Waals surface area contributed by atoms with Gasteiger partial charge in [0, 0.05) is 24.2 Å². The normalized spacial score (nSPS) is 11.2. The number of carbonyl (C=O) groups excluding carboxylic acids is 1. The second-order valence-corrected chi connectivity index (χ2v) is 6.11. The molecule has 0 aliphatic rings. The average Bonchev–Trinajstić information content (AvgIpc) is 2.81. The first-order chi connectivity index (χ1) is 15.9. The number of anilines is 5. The summed E-state index contributed by atoms with van der Waals surface area (Å²) >= 11 is 0. The summed E-state index contributed by atoms with van der Waals surface area (Å²) in [5.41, 5.74) is 0.982. The molecule has 1 aromatic heterocycles. The van der Waals surface area contributed by atoms with Crippen molar-refractivity contribution >= 4 is 34.7 Å². The SMILES string of the molecule is [2H]c1nc(Nc2ccc(OCCOC)cc2)nc(Nc2cccc(NC(=O)C=C)c2[2H])c1F. The number of hydrogen-bond acceptors (Lipinski definition) is 7. The van der Waals surface area contributed by atoms with Gasteiger partial charge in [-0.2, -0.15) is 4.98 Å². The van der Waals surface area contributed by atoms with Gasteiger partial charge in [-0.3, -0.25) is 4.79 Å². The maximum atomic E-state index is 14.5. The van der Waals surface area contributed by atoms with Crippen LogP contribution in [0.5, 0.6) is 5.75 Å². The van der Waals surface area contributed by atoms with Crippen molar-refractivity contribution in [3.63, 3.8) is 0 Å². The highest BCUT2D eigenvalue weighted by Crippen LogP contribution is 2.23. The number of amides is 1. The topological polar surface area (TPSA) is 97.4 Å². The van der Waals surface area contributed by atoms with E-state index in [1.165, 1.54) is 12.1 Å². The van der Waals surface area contributed by atoms with Crippen molar-refractivity contribution in [1.82, 2.24) is 9.97 Å². The molecular formula is C22H22FN5O3. The van der Waals surface area contributed by atoms with Crippen LogP contribution < -0.4 is 20.7 Å². The van der Waals surface area contributed by atoms with E-state index >= 15 is 0 Å². The number of nitrogens with one attached hydrogen (secondary N) is 3. The molecular weight excluding hydrogens is 401 g/mol. The second kappa shape index (κ2) is 10.7. The van der Waals surface area contributed by atoms with Crippen LogP contribution in [-0.4, -0.2) is 36.2 Å². The van der Waals surface area contributed by atoms with Gasteiger partial charge in [0.05, 0.1) is 15.5 Å². The first-order valence-corrected chi connectivity index (χ1v) is 9.24. The fourth-order valence-corrected chi connectivity index (χ4v) is 2.41. The third-order valence-electron chi connectivity index (χ3n) is 3.84. The Morgan fingerprint density at radius 3 is 2.68 bits per heavy atom. The minimum Gasteiger partial charge on any atom is -0.491 e. The number of hydrogen-bond donors (Lipinski definition) is 3. The highest BCUT2D eigenvalue weighted by molar-refractivity contribution is 5.99. The summed E-state index contributed by atoms with van der Waals surface area (Å²) < 4.78 is 41.0. The van der Waals surface area contributed by atoms with E-state index in [4.69, 9.17) is 12.2 Å². The molecule has 8 nitrogen and oxygen atoms in total. The number of nitrogens with zero attached hydrogens (tertiary/aromatic N) is 2. The molecule has 3 aromatic rings. The number of halogens is 1. The molecule has 31 heavy (non-hydrogen) atoms. The van der Waals surface area contributed by atoms with Crippen LogP contribution in [-0.2, 0) is 9.53 Å². The summed E-state index contributed by atoms with van der Waals surface area (Å²) in [5, 5.41) is 8.10. The summed E-state index contributed by atoms with van der Waals surface area (Å²) in [6, 6.07) is 11.4. The van der Waals surface area contributed by atoms with Crippen LogP contribution in [0.25, 0.3) is 0 Å². The largest absolute Gasteiger partial charge is 0.491 e. The quantitative estimate of drug-likeness (QED) is 0.330. The van der Waals surface area contributed by atoms with Gasteiger partial charge in [-0.05, 0) is 48.5 Å². The monoisotopic (exact) mass is 425 g/mol. The number of methoxy groups -OCH3 is 1. The molecule has 0 fully saturated rings. The lowest BCUT2D eigenvalue weighted by molar-refractivity contribution is -0.111. The lowest BCUT2D eigenvalue weighted by atomic mass is 10.2. The molecule has 1 heterocycles. The highest BCUT2D eigenvalue weighted by atomic mass is 19.1. The van der Waals surface area contributed by atoms with Gasteiger partial charge in [-0.1, -0.05) is 12.6 Å². The number of carbonyl (C=O) groups is 1. The summed E-state index contributed by atoms with van der Waals surface area (Å²) in [5.74, 6) is -1.13. The van der Waals surface area contributed by atoms with Gasteiger partial charge in [-0.25, -0.2) is 9.37 Å². The van der Waals surface area contributed by atoms with E-state index in [0.29, 0.717) is 24.7 Å². The fourth-order valence-electron chi connectivity index (χ4n) is 2.41. The Kier molecular flexibility index (Phi) is 6.56. The first-order valence-electron chi connectivity index (χ1n) is 10.2. The van der Waals surface area contributed by atoms with Crippen LogP contribution in [0.1, 0.15) is 2.74 Å². The van der Waals surface area contributed by atoms with Gasteiger partial charge in [0.2, 0.25) is 11.9 Å². The standard InChI is InChI=1S/C22H22FN5O3/c1-3-20(29)25-16-5-4-6-17(13-16)26-21-19(23)14-24-22(28-21)27-15-7-9-18(10-8-15)31-12-11-30-2/h3-10,13-14H,1,11-12H2,2H3,(H,25,29)(H2,24,26,27,28)/i13D,14D.